The van der Waals surface area contributed by atoms with E-state index in [0.717, 1.165) is 70.6 Å². The first-order valence-corrected chi connectivity index (χ1v) is 36.1. The number of hydrogen-bond donors (Lipinski definition) is 6. The van der Waals surface area contributed by atoms with Gasteiger partial charge in [0.15, 0.2) is 6.29 Å². The van der Waals surface area contributed by atoms with Gasteiger partial charge in [0.2, 0.25) is 5.91 Å². The van der Waals surface area contributed by atoms with Gasteiger partial charge >= 0.3 is 5.97 Å². The Kier molecular flexibility index (Phi) is 59.5. The Bertz CT molecular complexity index is 1600. The molecule has 0 bridgehead atoms. The fourth-order valence-electron chi connectivity index (χ4n) is 11.2. The summed E-state index contributed by atoms with van der Waals surface area (Å²) in [6.07, 6.45) is 73.5. The SMILES string of the molecule is CCC/C=C\C/C=C\CCCCCCCC(=O)OCCCCCCCCCCC/C=C\C/C=C\CCCCCCCCCCCCCCCCCC(=O)NC(COC1OC(CO)C(O)C(O)C1O)C(O)/C=C/CCCCCCCCCCCCC. The summed E-state index contributed by atoms with van der Waals surface area (Å²) in [5, 5.41) is 54.5. The largest absolute Gasteiger partial charge is 0.466 e. The van der Waals surface area contributed by atoms with Crippen molar-refractivity contribution in [3.8, 4) is 0 Å². The predicted molar refractivity (Wildman–Crippen MR) is 357 cm³/mol. The van der Waals surface area contributed by atoms with Crippen LogP contribution in [0, 0.1) is 0 Å². The molecule has 11 heteroatoms. The van der Waals surface area contributed by atoms with Crippen LogP contribution in [0.1, 0.15) is 335 Å². The Morgan fingerprint density at radius 3 is 1.24 bits per heavy atom. The Balaban J connectivity index is 1.97. The number of ether oxygens (including phenoxy) is 3. The van der Waals surface area contributed by atoms with Gasteiger partial charge in [0.05, 0.1) is 32.0 Å². The first kappa shape index (κ1) is 80.4. The summed E-state index contributed by atoms with van der Waals surface area (Å²) in [5.41, 5.74) is 0. The molecule has 0 aromatic heterocycles. The van der Waals surface area contributed by atoms with Crippen molar-refractivity contribution in [3.05, 3.63) is 60.8 Å². The van der Waals surface area contributed by atoms with Crippen LogP contribution in [-0.2, 0) is 23.8 Å². The Labute approximate surface area is 522 Å². The third-order valence-corrected chi connectivity index (χ3v) is 16.8. The van der Waals surface area contributed by atoms with Crippen LogP contribution in [-0.4, -0.2) is 100 Å². The topological polar surface area (TPSA) is 175 Å². The molecule has 11 nitrogen and oxygen atoms in total. The molecule has 1 rings (SSSR count). The molecule has 1 fully saturated rings. The predicted octanol–water partition coefficient (Wildman–Crippen LogP) is 18.5. The number of esters is 1. The highest BCUT2D eigenvalue weighted by atomic mass is 16.7. The van der Waals surface area contributed by atoms with Crippen molar-refractivity contribution in [2.45, 2.75) is 378 Å². The highest BCUT2D eigenvalue weighted by Gasteiger charge is 2.44. The summed E-state index contributed by atoms with van der Waals surface area (Å²) >= 11 is 0. The molecule has 1 heterocycles. The zero-order valence-corrected chi connectivity index (χ0v) is 55.1. The van der Waals surface area contributed by atoms with E-state index in [1.54, 1.807) is 6.08 Å². The van der Waals surface area contributed by atoms with E-state index < -0.39 is 49.5 Å². The van der Waals surface area contributed by atoms with E-state index in [0.29, 0.717) is 19.4 Å². The van der Waals surface area contributed by atoms with Crippen molar-refractivity contribution >= 4 is 11.9 Å². The molecule has 85 heavy (non-hydrogen) atoms. The number of carbonyl (C=O) groups excluding carboxylic acids is 2. The van der Waals surface area contributed by atoms with Crippen LogP contribution in [0.2, 0.25) is 0 Å². The van der Waals surface area contributed by atoms with E-state index >= 15 is 0 Å². The van der Waals surface area contributed by atoms with E-state index in [1.807, 2.05) is 6.08 Å². The van der Waals surface area contributed by atoms with Crippen molar-refractivity contribution in [2.75, 3.05) is 19.8 Å². The van der Waals surface area contributed by atoms with Crippen LogP contribution in [0.25, 0.3) is 0 Å². The van der Waals surface area contributed by atoms with Crippen molar-refractivity contribution in [1.29, 1.82) is 0 Å². The minimum Gasteiger partial charge on any atom is -0.466 e. The Morgan fingerprint density at radius 2 is 0.812 bits per heavy atom. The monoisotopic (exact) mass is 1200 g/mol. The fraction of sp³-hybridized carbons (Fsp3) is 0.838. The molecule has 0 aromatic rings. The van der Waals surface area contributed by atoms with Gasteiger partial charge in [0, 0.05) is 12.8 Å². The van der Waals surface area contributed by atoms with E-state index in [2.05, 4.69) is 67.8 Å². The average Bonchev–Trinajstić information content (AvgIpc) is 3.60. The molecule has 1 aliphatic heterocycles. The lowest BCUT2D eigenvalue weighted by Gasteiger charge is -2.40. The molecule has 0 aromatic carbocycles. The van der Waals surface area contributed by atoms with Crippen molar-refractivity contribution in [2.24, 2.45) is 0 Å². The average molecular weight is 1200 g/mol. The smallest absolute Gasteiger partial charge is 0.305 e. The summed E-state index contributed by atoms with van der Waals surface area (Å²) in [4.78, 5) is 25.1. The van der Waals surface area contributed by atoms with Gasteiger partial charge in [0.25, 0.3) is 0 Å². The summed E-state index contributed by atoms with van der Waals surface area (Å²) < 4.78 is 16.7. The molecule has 1 amide bonds. The number of rotatable bonds is 63. The van der Waals surface area contributed by atoms with E-state index in [4.69, 9.17) is 14.2 Å². The molecular formula is C74H135NO10. The lowest BCUT2D eigenvalue weighted by atomic mass is 9.99. The first-order chi connectivity index (χ1) is 41.7. The number of aliphatic hydroxyl groups excluding tert-OH is 5. The molecule has 1 aliphatic rings. The molecule has 0 saturated carbocycles. The molecule has 6 N–H and O–H groups in total. The number of carbonyl (C=O) groups is 2. The van der Waals surface area contributed by atoms with Crippen LogP contribution < -0.4 is 5.32 Å². The molecule has 7 atom stereocenters. The van der Waals surface area contributed by atoms with E-state index in [-0.39, 0.29) is 18.5 Å². The standard InChI is InChI=1S/C74H135NO10/c1-3-5-7-9-11-13-15-36-40-44-48-52-56-60-67(77)66(65-84-74-73(82)72(81)71(80)68(64-76)85-74)75-69(78)61-57-53-49-45-41-38-34-32-30-28-26-24-22-20-18-17-19-21-23-25-27-29-31-33-35-39-43-47-51-55-59-63-83-70(79)62-58-54-50-46-42-37-16-14-12-10-8-6-4-2/h8,10,14,16,19,21,25,27,56,60,66-68,71-74,76-77,80-82H,3-7,9,11-13,15,17-18,20,22-24,26,28-55,57-59,61-65H2,1-2H3,(H,75,78)/b10-8-,16-14-,21-19-,27-25-,60-56+. The fourth-order valence-corrected chi connectivity index (χ4v) is 11.2. The van der Waals surface area contributed by atoms with Crippen LogP contribution in [0.5, 0.6) is 0 Å². The van der Waals surface area contributed by atoms with E-state index in [9.17, 15) is 35.1 Å². The van der Waals surface area contributed by atoms with Gasteiger partial charge in [-0.25, -0.2) is 0 Å². The van der Waals surface area contributed by atoms with Crippen LogP contribution in [0.4, 0.5) is 0 Å². The van der Waals surface area contributed by atoms with Crippen molar-refractivity contribution in [3.63, 3.8) is 0 Å². The minimum atomic E-state index is -1.57. The number of aliphatic hydroxyl groups is 5. The highest BCUT2D eigenvalue weighted by molar-refractivity contribution is 5.76. The normalized spacial score (nSPS) is 18.3. The molecule has 0 aliphatic carbocycles. The lowest BCUT2D eigenvalue weighted by Crippen LogP contribution is -2.60. The van der Waals surface area contributed by atoms with Gasteiger partial charge in [0.1, 0.15) is 24.4 Å². The van der Waals surface area contributed by atoms with Gasteiger partial charge in [-0.3, -0.25) is 9.59 Å². The third-order valence-electron chi connectivity index (χ3n) is 16.8. The maximum Gasteiger partial charge on any atom is 0.305 e. The van der Waals surface area contributed by atoms with Crippen LogP contribution in [0.3, 0.4) is 0 Å². The van der Waals surface area contributed by atoms with Gasteiger partial charge in [-0.1, -0.05) is 293 Å². The maximum absolute atomic E-state index is 13.1. The number of unbranched alkanes of at least 4 members (excludes halogenated alkanes) is 41. The second-order valence-electron chi connectivity index (χ2n) is 24.9. The summed E-state index contributed by atoms with van der Waals surface area (Å²) in [7, 11) is 0. The first-order valence-electron chi connectivity index (χ1n) is 36.1. The van der Waals surface area contributed by atoms with Crippen LogP contribution in [0.15, 0.2) is 60.8 Å². The zero-order valence-electron chi connectivity index (χ0n) is 55.1. The van der Waals surface area contributed by atoms with Gasteiger partial charge < -0.3 is 45.1 Å². The lowest BCUT2D eigenvalue weighted by molar-refractivity contribution is -0.302. The van der Waals surface area contributed by atoms with Gasteiger partial charge in [-0.2, -0.15) is 0 Å². The number of nitrogens with one attached hydrogen (secondary N) is 1. The quantitative estimate of drug-likeness (QED) is 0.0195. The molecule has 0 radical (unpaired) electrons. The zero-order chi connectivity index (χ0) is 61.6. The summed E-state index contributed by atoms with van der Waals surface area (Å²) in [5.74, 6) is -0.191. The number of amides is 1. The molecule has 496 valence electrons. The van der Waals surface area contributed by atoms with Gasteiger partial charge in [-0.05, 0) is 89.9 Å². The number of allylic oxidation sites excluding steroid dienone is 9. The maximum atomic E-state index is 13.1. The summed E-state index contributed by atoms with van der Waals surface area (Å²) in [6.45, 7) is 4.29. The molecule has 0 spiro atoms. The summed E-state index contributed by atoms with van der Waals surface area (Å²) in [6, 6.07) is -0.810. The van der Waals surface area contributed by atoms with Gasteiger partial charge in [-0.15, -0.1) is 0 Å². The Morgan fingerprint density at radius 1 is 0.435 bits per heavy atom. The van der Waals surface area contributed by atoms with E-state index in [1.165, 1.54) is 238 Å². The third kappa shape index (κ3) is 51.9. The number of hydrogen-bond acceptors (Lipinski definition) is 10. The minimum absolute atomic E-state index is 0.0104. The molecule has 1 saturated heterocycles. The van der Waals surface area contributed by atoms with Crippen molar-refractivity contribution in [1.82, 2.24) is 5.32 Å². The second kappa shape index (κ2) is 62.9. The Hall–Kier alpha value is -2.64. The highest BCUT2D eigenvalue weighted by Crippen LogP contribution is 2.23. The molecule has 7 unspecified atom stereocenters. The van der Waals surface area contributed by atoms with Crippen molar-refractivity contribution < 1.29 is 49.3 Å². The van der Waals surface area contributed by atoms with Crippen LogP contribution >= 0.6 is 0 Å². The molecular weight excluding hydrogens is 1060 g/mol. The second-order valence-corrected chi connectivity index (χ2v) is 24.9.